The van der Waals surface area contributed by atoms with Crippen LogP contribution in [0.5, 0.6) is 5.75 Å². The van der Waals surface area contributed by atoms with Crippen molar-refractivity contribution in [2.45, 2.75) is 39.5 Å². The zero-order valence-corrected chi connectivity index (χ0v) is 12.8. The van der Waals surface area contributed by atoms with Crippen LogP contribution >= 0.6 is 0 Å². The highest BCUT2D eigenvalue weighted by atomic mass is 16.5. The van der Waals surface area contributed by atoms with E-state index in [2.05, 4.69) is 18.2 Å². The van der Waals surface area contributed by atoms with Gasteiger partial charge in [-0.25, -0.2) is 0 Å². The lowest BCUT2D eigenvalue weighted by atomic mass is 9.89. The molecule has 0 heterocycles. The molecule has 0 aliphatic heterocycles. The summed E-state index contributed by atoms with van der Waals surface area (Å²) < 4.78 is 10.7. The summed E-state index contributed by atoms with van der Waals surface area (Å²) in [6.45, 7) is 5.41. The van der Waals surface area contributed by atoms with E-state index < -0.39 is 0 Å². The molecule has 1 rings (SSSR count). The minimum atomic E-state index is -0.219. The zero-order chi connectivity index (χ0) is 14.8. The summed E-state index contributed by atoms with van der Waals surface area (Å²) in [4.78, 5) is 0. The number of unbranched alkanes of at least 4 members (excludes halogenated alkanes) is 1. The van der Waals surface area contributed by atoms with Crippen molar-refractivity contribution in [3.63, 3.8) is 0 Å². The molecule has 1 aromatic carbocycles. The maximum atomic E-state index is 8.93. The molecule has 0 fully saturated rings. The Balaban J connectivity index is 2.21. The average molecular weight is 275 g/mol. The molecule has 3 nitrogen and oxygen atoms in total. The lowest BCUT2D eigenvalue weighted by molar-refractivity contribution is 0.202. The normalized spacial score (nSPS) is 11.1. The summed E-state index contributed by atoms with van der Waals surface area (Å²) in [5.74, 6) is 0.908. The van der Waals surface area contributed by atoms with E-state index in [0.29, 0.717) is 6.61 Å². The van der Waals surface area contributed by atoms with Crippen molar-refractivity contribution in [2.75, 3.05) is 20.3 Å². The van der Waals surface area contributed by atoms with Crippen LogP contribution in [0.4, 0.5) is 0 Å². The standard InChI is InChI=1S/C17H25NO2/c1-17(2,14-18)11-4-5-12-20-16-8-6-15(7-9-16)10-13-19-3/h6-9H,4-5,10-13H2,1-3H3. The van der Waals surface area contributed by atoms with Gasteiger partial charge in [-0.2, -0.15) is 5.26 Å². The molecule has 0 N–H and O–H groups in total. The predicted octanol–water partition coefficient (Wildman–Crippen LogP) is 3.97. The van der Waals surface area contributed by atoms with Gasteiger partial charge in [0.2, 0.25) is 0 Å². The highest BCUT2D eigenvalue weighted by Crippen LogP contribution is 2.21. The van der Waals surface area contributed by atoms with Crippen LogP contribution in [-0.2, 0) is 11.2 Å². The van der Waals surface area contributed by atoms with Gasteiger partial charge >= 0.3 is 0 Å². The zero-order valence-electron chi connectivity index (χ0n) is 12.8. The lowest BCUT2D eigenvalue weighted by Crippen LogP contribution is -2.08. The van der Waals surface area contributed by atoms with E-state index in [1.165, 1.54) is 5.56 Å². The molecular weight excluding hydrogens is 250 g/mol. The second-order valence-electron chi connectivity index (χ2n) is 5.69. The number of hydrogen-bond acceptors (Lipinski definition) is 3. The van der Waals surface area contributed by atoms with E-state index >= 15 is 0 Å². The van der Waals surface area contributed by atoms with Gasteiger partial charge in [0.05, 0.1) is 24.7 Å². The van der Waals surface area contributed by atoms with Crippen LogP contribution in [0.3, 0.4) is 0 Å². The van der Waals surface area contributed by atoms with Crippen LogP contribution in [0, 0.1) is 16.7 Å². The Hall–Kier alpha value is -1.53. The maximum Gasteiger partial charge on any atom is 0.119 e. The second-order valence-corrected chi connectivity index (χ2v) is 5.69. The first-order chi connectivity index (χ1) is 9.57. The van der Waals surface area contributed by atoms with E-state index in [-0.39, 0.29) is 5.41 Å². The first-order valence-electron chi connectivity index (χ1n) is 7.19. The van der Waals surface area contributed by atoms with Crippen molar-refractivity contribution < 1.29 is 9.47 Å². The summed E-state index contributed by atoms with van der Waals surface area (Å²) in [5, 5.41) is 8.93. The number of nitrogens with zero attached hydrogens (tertiary/aromatic N) is 1. The highest BCUT2D eigenvalue weighted by molar-refractivity contribution is 5.27. The Morgan fingerprint density at radius 1 is 1.10 bits per heavy atom. The molecule has 0 spiro atoms. The molecule has 0 radical (unpaired) electrons. The van der Waals surface area contributed by atoms with E-state index in [1.54, 1.807) is 7.11 Å². The van der Waals surface area contributed by atoms with Crippen molar-refractivity contribution >= 4 is 0 Å². The van der Waals surface area contributed by atoms with E-state index in [1.807, 2.05) is 26.0 Å². The molecule has 0 bridgehead atoms. The quantitative estimate of drug-likeness (QED) is 0.640. The number of methoxy groups -OCH3 is 1. The second kappa shape index (κ2) is 8.60. The van der Waals surface area contributed by atoms with E-state index in [9.17, 15) is 0 Å². The van der Waals surface area contributed by atoms with Gasteiger partial charge in [0.15, 0.2) is 0 Å². The van der Waals surface area contributed by atoms with Gasteiger partial charge < -0.3 is 9.47 Å². The van der Waals surface area contributed by atoms with Crippen molar-refractivity contribution in [3.8, 4) is 11.8 Å². The van der Waals surface area contributed by atoms with Gasteiger partial charge in [0.25, 0.3) is 0 Å². The van der Waals surface area contributed by atoms with Crippen molar-refractivity contribution in [3.05, 3.63) is 29.8 Å². The summed E-state index contributed by atoms with van der Waals surface area (Å²) >= 11 is 0. The number of hydrogen-bond donors (Lipinski definition) is 0. The molecule has 0 atom stereocenters. The maximum absolute atomic E-state index is 8.93. The minimum Gasteiger partial charge on any atom is -0.494 e. The third-order valence-corrected chi connectivity index (χ3v) is 3.29. The molecule has 0 amide bonds. The van der Waals surface area contributed by atoms with Crippen LogP contribution in [0.15, 0.2) is 24.3 Å². The molecule has 0 saturated heterocycles. The molecule has 1 aromatic rings. The summed E-state index contributed by atoms with van der Waals surface area (Å²) in [5.41, 5.74) is 1.04. The Bertz CT molecular complexity index is 418. The fraction of sp³-hybridized carbons (Fsp3) is 0.588. The SMILES string of the molecule is COCCc1ccc(OCCCCC(C)(C)C#N)cc1. The molecule has 0 aromatic heterocycles. The molecule has 0 aliphatic carbocycles. The lowest BCUT2D eigenvalue weighted by Gasteiger charge is -2.14. The van der Waals surface area contributed by atoms with E-state index in [4.69, 9.17) is 14.7 Å². The number of nitriles is 1. The predicted molar refractivity (Wildman–Crippen MR) is 80.8 cm³/mol. The molecule has 0 aliphatic rings. The number of ether oxygens (including phenoxy) is 2. The Kier molecular flexibility index (Phi) is 7.11. The van der Waals surface area contributed by atoms with Crippen molar-refractivity contribution in [1.82, 2.24) is 0 Å². The first kappa shape index (κ1) is 16.5. The first-order valence-corrected chi connectivity index (χ1v) is 7.19. The van der Waals surface area contributed by atoms with Gasteiger partial charge in [-0.3, -0.25) is 0 Å². The Labute approximate surface area is 122 Å². The third kappa shape index (κ3) is 6.58. The fourth-order valence-electron chi connectivity index (χ4n) is 1.89. The van der Waals surface area contributed by atoms with Crippen LogP contribution in [0.1, 0.15) is 38.7 Å². The Morgan fingerprint density at radius 3 is 2.40 bits per heavy atom. The fourth-order valence-corrected chi connectivity index (χ4v) is 1.89. The van der Waals surface area contributed by atoms with Gasteiger partial charge in [0.1, 0.15) is 5.75 Å². The van der Waals surface area contributed by atoms with Crippen molar-refractivity contribution in [2.24, 2.45) is 5.41 Å². The summed E-state index contributed by atoms with van der Waals surface area (Å²) in [6, 6.07) is 10.5. The molecule has 20 heavy (non-hydrogen) atoms. The smallest absolute Gasteiger partial charge is 0.119 e. The summed E-state index contributed by atoms with van der Waals surface area (Å²) in [6.07, 6.45) is 3.85. The van der Waals surface area contributed by atoms with Gasteiger partial charge in [-0.1, -0.05) is 12.1 Å². The molecule has 0 unspecified atom stereocenters. The van der Waals surface area contributed by atoms with E-state index in [0.717, 1.165) is 38.0 Å². The molecule has 0 saturated carbocycles. The van der Waals surface area contributed by atoms with Crippen molar-refractivity contribution in [1.29, 1.82) is 5.26 Å². The van der Waals surface area contributed by atoms with Crippen LogP contribution in [0.25, 0.3) is 0 Å². The molecule has 3 heteroatoms. The summed E-state index contributed by atoms with van der Waals surface area (Å²) in [7, 11) is 1.71. The largest absolute Gasteiger partial charge is 0.494 e. The third-order valence-electron chi connectivity index (χ3n) is 3.29. The van der Waals surface area contributed by atoms with Crippen LogP contribution in [-0.4, -0.2) is 20.3 Å². The topological polar surface area (TPSA) is 42.2 Å². The number of rotatable bonds is 9. The van der Waals surface area contributed by atoms with Crippen LogP contribution < -0.4 is 4.74 Å². The van der Waals surface area contributed by atoms with Crippen LogP contribution in [0.2, 0.25) is 0 Å². The Morgan fingerprint density at radius 2 is 1.80 bits per heavy atom. The molecule has 110 valence electrons. The van der Waals surface area contributed by atoms with Gasteiger partial charge in [-0.05, 0) is 57.2 Å². The average Bonchev–Trinajstić information content (AvgIpc) is 2.46. The molecular formula is C17H25NO2. The monoisotopic (exact) mass is 275 g/mol. The van der Waals surface area contributed by atoms with Gasteiger partial charge in [0, 0.05) is 7.11 Å². The highest BCUT2D eigenvalue weighted by Gasteiger charge is 2.15. The minimum absolute atomic E-state index is 0.219. The number of benzene rings is 1. The van der Waals surface area contributed by atoms with Gasteiger partial charge in [-0.15, -0.1) is 0 Å².